The van der Waals surface area contributed by atoms with Gasteiger partial charge in [0.25, 0.3) is 0 Å². The molecule has 0 bridgehead atoms. The van der Waals surface area contributed by atoms with Crippen molar-refractivity contribution in [2.45, 2.75) is 10.6 Å². The van der Waals surface area contributed by atoms with Crippen LogP contribution < -0.4 is 0 Å². The smallest absolute Gasteiger partial charge is 0.127 e. The minimum absolute atomic E-state index is 0.132. The molecule has 3 heteroatoms. The molecule has 16 heavy (non-hydrogen) atoms. The molecule has 0 amide bonds. The van der Waals surface area contributed by atoms with E-state index in [0.29, 0.717) is 5.75 Å². The summed E-state index contributed by atoms with van der Waals surface area (Å²) in [5, 5.41) is 0. The SMILES string of the molecule is Fc1ccccc1CSc1ccc(Br)cc1. The first-order valence-corrected chi connectivity index (χ1v) is 6.65. The number of benzene rings is 2. The summed E-state index contributed by atoms with van der Waals surface area (Å²) in [5.74, 6) is 0.529. The lowest BCUT2D eigenvalue weighted by atomic mass is 10.2. The van der Waals surface area contributed by atoms with Crippen LogP contribution in [0.1, 0.15) is 5.56 Å². The third-order valence-electron chi connectivity index (χ3n) is 2.17. The van der Waals surface area contributed by atoms with Gasteiger partial charge in [-0.05, 0) is 35.9 Å². The number of rotatable bonds is 3. The van der Waals surface area contributed by atoms with E-state index in [0.717, 1.165) is 14.9 Å². The molecule has 0 spiro atoms. The Morgan fingerprint density at radius 1 is 1.00 bits per heavy atom. The Kier molecular flexibility index (Phi) is 4.02. The zero-order chi connectivity index (χ0) is 11.4. The fourth-order valence-corrected chi connectivity index (χ4v) is 2.46. The molecule has 0 aliphatic rings. The van der Waals surface area contributed by atoms with Gasteiger partial charge in [-0.25, -0.2) is 4.39 Å². The van der Waals surface area contributed by atoms with Crippen molar-refractivity contribution in [1.29, 1.82) is 0 Å². The molecule has 0 saturated carbocycles. The highest BCUT2D eigenvalue weighted by Crippen LogP contribution is 2.25. The maximum atomic E-state index is 13.3. The van der Waals surface area contributed by atoms with E-state index in [9.17, 15) is 4.39 Å². The number of thioether (sulfide) groups is 1. The summed E-state index contributed by atoms with van der Waals surface area (Å²) >= 11 is 5.02. The molecule has 2 aromatic carbocycles. The van der Waals surface area contributed by atoms with Crippen LogP contribution in [0, 0.1) is 5.82 Å². The van der Waals surface area contributed by atoms with Crippen molar-refractivity contribution in [2.75, 3.05) is 0 Å². The first kappa shape index (κ1) is 11.7. The largest absolute Gasteiger partial charge is 0.207 e. The average Bonchev–Trinajstić information content (AvgIpc) is 2.30. The summed E-state index contributed by atoms with van der Waals surface area (Å²) in [4.78, 5) is 1.14. The second kappa shape index (κ2) is 5.51. The monoisotopic (exact) mass is 296 g/mol. The van der Waals surface area contributed by atoms with Gasteiger partial charge in [-0.3, -0.25) is 0 Å². The molecule has 0 saturated heterocycles. The van der Waals surface area contributed by atoms with Crippen molar-refractivity contribution in [3.8, 4) is 0 Å². The second-order valence-electron chi connectivity index (χ2n) is 3.33. The maximum Gasteiger partial charge on any atom is 0.127 e. The normalized spacial score (nSPS) is 10.4. The molecule has 82 valence electrons. The second-order valence-corrected chi connectivity index (χ2v) is 5.30. The van der Waals surface area contributed by atoms with Gasteiger partial charge in [-0.1, -0.05) is 34.1 Å². The van der Waals surface area contributed by atoms with Crippen LogP contribution in [0.5, 0.6) is 0 Å². The molecule has 0 nitrogen and oxygen atoms in total. The molecule has 0 aromatic heterocycles. The van der Waals surface area contributed by atoms with Gasteiger partial charge in [-0.15, -0.1) is 11.8 Å². The number of hydrogen-bond donors (Lipinski definition) is 0. The lowest BCUT2D eigenvalue weighted by Gasteiger charge is -2.03. The van der Waals surface area contributed by atoms with Crippen molar-refractivity contribution in [3.05, 3.63) is 64.4 Å². The van der Waals surface area contributed by atoms with E-state index < -0.39 is 0 Å². The minimum atomic E-state index is -0.132. The van der Waals surface area contributed by atoms with Crippen LogP contribution >= 0.6 is 27.7 Å². The van der Waals surface area contributed by atoms with Crippen LogP contribution in [0.2, 0.25) is 0 Å². The topological polar surface area (TPSA) is 0 Å². The van der Waals surface area contributed by atoms with Gasteiger partial charge in [0, 0.05) is 15.1 Å². The molecule has 0 fully saturated rings. The molecule has 0 aliphatic heterocycles. The summed E-state index contributed by atoms with van der Waals surface area (Å²) in [6.07, 6.45) is 0. The molecule has 0 aliphatic carbocycles. The van der Waals surface area contributed by atoms with E-state index >= 15 is 0 Å². The van der Waals surface area contributed by atoms with Gasteiger partial charge in [0.2, 0.25) is 0 Å². The third kappa shape index (κ3) is 3.09. The average molecular weight is 297 g/mol. The van der Waals surface area contributed by atoms with Gasteiger partial charge in [0.05, 0.1) is 0 Å². The maximum absolute atomic E-state index is 13.3. The standard InChI is InChI=1S/C13H10BrFS/c14-11-5-7-12(8-6-11)16-9-10-3-1-2-4-13(10)15/h1-8H,9H2. The minimum Gasteiger partial charge on any atom is -0.207 e. The highest BCUT2D eigenvalue weighted by Gasteiger charge is 2.01. The predicted molar refractivity (Wildman–Crippen MR) is 70.1 cm³/mol. The molecule has 0 radical (unpaired) electrons. The Labute approximate surface area is 107 Å². The Hall–Kier alpha value is -0.800. The first-order chi connectivity index (χ1) is 7.75. The molecule has 0 unspecified atom stereocenters. The summed E-state index contributed by atoms with van der Waals surface area (Å²) in [6.45, 7) is 0. The van der Waals surface area contributed by atoms with Crippen LogP contribution in [0.3, 0.4) is 0 Å². The lowest BCUT2D eigenvalue weighted by Crippen LogP contribution is -1.85. The zero-order valence-electron chi connectivity index (χ0n) is 8.49. The molecule has 0 heterocycles. The number of hydrogen-bond acceptors (Lipinski definition) is 1. The van der Waals surface area contributed by atoms with Crippen molar-refractivity contribution in [2.24, 2.45) is 0 Å². The highest BCUT2D eigenvalue weighted by molar-refractivity contribution is 9.10. The third-order valence-corrected chi connectivity index (χ3v) is 3.76. The van der Waals surface area contributed by atoms with Gasteiger partial charge >= 0.3 is 0 Å². The fourth-order valence-electron chi connectivity index (χ4n) is 1.31. The predicted octanol–water partition coefficient (Wildman–Crippen LogP) is 4.88. The fraction of sp³-hybridized carbons (Fsp3) is 0.0769. The van der Waals surface area contributed by atoms with E-state index in [1.54, 1.807) is 17.8 Å². The summed E-state index contributed by atoms with van der Waals surface area (Å²) in [7, 11) is 0. The molecular weight excluding hydrogens is 287 g/mol. The summed E-state index contributed by atoms with van der Waals surface area (Å²) in [6, 6.07) is 14.9. The van der Waals surface area contributed by atoms with Gasteiger partial charge < -0.3 is 0 Å². The van der Waals surface area contributed by atoms with Crippen molar-refractivity contribution in [3.63, 3.8) is 0 Å². The quantitative estimate of drug-likeness (QED) is 0.728. The van der Waals surface area contributed by atoms with E-state index in [4.69, 9.17) is 0 Å². The zero-order valence-corrected chi connectivity index (χ0v) is 10.9. The van der Waals surface area contributed by atoms with Gasteiger partial charge in [-0.2, -0.15) is 0 Å². The van der Waals surface area contributed by atoms with E-state index in [2.05, 4.69) is 15.9 Å². The Bertz CT molecular complexity index is 468. The van der Waals surface area contributed by atoms with E-state index in [1.807, 2.05) is 36.4 Å². The first-order valence-electron chi connectivity index (χ1n) is 4.87. The van der Waals surface area contributed by atoms with Crippen LogP contribution in [0.15, 0.2) is 57.9 Å². The summed E-state index contributed by atoms with van der Waals surface area (Å²) in [5.41, 5.74) is 0.746. The van der Waals surface area contributed by atoms with Gasteiger partial charge in [0.15, 0.2) is 0 Å². The van der Waals surface area contributed by atoms with Crippen molar-refractivity contribution in [1.82, 2.24) is 0 Å². The molecular formula is C13H10BrFS. The van der Waals surface area contributed by atoms with E-state index in [-0.39, 0.29) is 5.82 Å². The van der Waals surface area contributed by atoms with Crippen LogP contribution in [-0.2, 0) is 5.75 Å². The Morgan fingerprint density at radius 3 is 2.38 bits per heavy atom. The molecule has 0 N–H and O–H groups in total. The highest BCUT2D eigenvalue weighted by atomic mass is 79.9. The van der Waals surface area contributed by atoms with Gasteiger partial charge in [0.1, 0.15) is 5.82 Å². The number of halogens is 2. The lowest BCUT2D eigenvalue weighted by molar-refractivity contribution is 0.617. The summed E-state index contributed by atoms with van der Waals surface area (Å²) < 4.78 is 14.4. The van der Waals surface area contributed by atoms with Crippen LogP contribution in [-0.4, -0.2) is 0 Å². The van der Waals surface area contributed by atoms with Crippen molar-refractivity contribution < 1.29 is 4.39 Å². The van der Waals surface area contributed by atoms with Crippen LogP contribution in [0.4, 0.5) is 4.39 Å². The Morgan fingerprint density at radius 2 is 1.69 bits per heavy atom. The van der Waals surface area contributed by atoms with E-state index in [1.165, 1.54) is 6.07 Å². The van der Waals surface area contributed by atoms with Crippen LogP contribution in [0.25, 0.3) is 0 Å². The molecule has 2 aromatic rings. The van der Waals surface area contributed by atoms with Crippen molar-refractivity contribution >= 4 is 27.7 Å². The Balaban J connectivity index is 2.02. The molecule has 2 rings (SSSR count). The molecule has 0 atom stereocenters.